The summed E-state index contributed by atoms with van der Waals surface area (Å²) in [6, 6.07) is 6.80. The third kappa shape index (κ3) is 2.79. The summed E-state index contributed by atoms with van der Waals surface area (Å²) in [6.45, 7) is 7.77. The quantitative estimate of drug-likeness (QED) is 0.810. The highest BCUT2D eigenvalue weighted by atomic mass is 16.7. The Morgan fingerprint density at radius 2 is 1.89 bits per heavy atom. The fourth-order valence-electron chi connectivity index (χ4n) is 4.98. The molecule has 0 spiro atoms. The number of cyclic esters (lactones) is 1. The third-order valence-corrected chi connectivity index (χ3v) is 6.73. The van der Waals surface area contributed by atoms with Crippen LogP contribution in [0.3, 0.4) is 0 Å². The van der Waals surface area contributed by atoms with Crippen molar-refractivity contribution >= 4 is 11.8 Å². The van der Waals surface area contributed by atoms with Gasteiger partial charge in [-0.3, -0.25) is 9.80 Å². The molecule has 1 aromatic rings. The lowest BCUT2D eigenvalue weighted by Crippen LogP contribution is -2.63. The lowest BCUT2D eigenvalue weighted by Gasteiger charge is -2.48. The van der Waals surface area contributed by atoms with Crippen molar-refractivity contribution in [1.29, 1.82) is 0 Å². The second-order valence-corrected chi connectivity index (χ2v) is 8.01. The molecule has 0 aromatic heterocycles. The first-order valence-electron chi connectivity index (χ1n) is 10.0. The normalized spacial score (nSPS) is 28.4. The monoisotopic (exact) mass is 373 g/mol. The van der Waals surface area contributed by atoms with Gasteiger partial charge in [-0.2, -0.15) is 0 Å². The number of nitrogens with zero attached hydrogens (tertiary/aromatic N) is 3. The number of ether oxygens (including phenoxy) is 3. The molecule has 3 fully saturated rings. The highest BCUT2D eigenvalue weighted by molar-refractivity contribution is 5.71. The van der Waals surface area contributed by atoms with Gasteiger partial charge in [-0.1, -0.05) is 6.92 Å². The molecule has 5 rings (SSSR count). The Bertz CT molecular complexity index is 734. The minimum absolute atomic E-state index is 0.121. The minimum atomic E-state index is -0.130. The lowest BCUT2D eigenvalue weighted by atomic mass is 9.90. The largest absolute Gasteiger partial charge is 0.454 e. The second-order valence-electron chi connectivity index (χ2n) is 8.01. The van der Waals surface area contributed by atoms with Crippen LogP contribution < -0.4 is 14.4 Å². The van der Waals surface area contributed by atoms with Gasteiger partial charge in [0.25, 0.3) is 0 Å². The van der Waals surface area contributed by atoms with E-state index in [0.29, 0.717) is 19.4 Å². The third-order valence-electron chi connectivity index (χ3n) is 6.73. The zero-order valence-electron chi connectivity index (χ0n) is 15.9. The average molecular weight is 373 g/mol. The van der Waals surface area contributed by atoms with Crippen LogP contribution in [0, 0.1) is 0 Å². The van der Waals surface area contributed by atoms with Gasteiger partial charge < -0.3 is 19.1 Å². The number of amides is 1. The maximum Gasteiger partial charge on any atom is 0.410 e. The van der Waals surface area contributed by atoms with Gasteiger partial charge in [-0.05, 0) is 31.4 Å². The van der Waals surface area contributed by atoms with Crippen molar-refractivity contribution in [3.63, 3.8) is 0 Å². The van der Waals surface area contributed by atoms with Crippen LogP contribution in [0.4, 0.5) is 10.5 Å². The summed E-state index contributed by atoms with van der Waals surface area (Å²) in [6.07, 6.45) is 3.10. The highest BCUT2D eigenvalue weighted by Crippen LogP contribution is 2.37. The first kappa shape index (κ1) is 17.0. The zero-order chi connectivity index (χ0) is 18.4. The van der Waals surface area contributed by atoms with E-state index < -0.39 is 0 Å². The Kier molecular flexibility index (Phi) is 4.07. The molecule has 1 atom stereocenters. The van der Waals surface area contributed by atoms with E-state index in [1.54, 1.807) is 0 Å². The van der Waals surface area contributed by atoms with Crippen molar-refractivity contribution < 1.29 is 19.0 Å². The van der Waals surface area contributed by atoms with Crippen LogP contribution >= 0.6 is 0 Å². The van der Waals surface area contributed by atoms with Gasteiger partial charge in [0.15, 0.2) is 11.5 Å². The Morgan fingerprint density at radius 1 is 1.07 bits per heavy atom. The predicted octanol–water partition coefficient (Wildman–Crippen LogP) is 2.30. The van der Waals surface area contributed by atoms with Crippen LogP contribution in [0.15, 0.2) is 18.2 Å². The van der Waals surface area contributed by atoms with Crippen molar-refractivity contribution in [2.75, 3.05) is 51.0 Å². The summed E-state index contributed by atoms with van der Waals surface area (Å²) < 4.78 is 16.3. The maximum atomic E-state index is 12.0. The van der Waals surface area contributed by atoms with Gasteiger partial charge in [0.2, 0.25) is 6.79 Å². The van der Waals surface area contributed by atoms with E-state index in [0.717, 1.165) is 63.5 Å². The maximum absolute atomic E-state index is 12.0. The molecule has 3 saturated heterocycles. The molecule has 4 aliphatic rings. The predicted molar refractivity (Wildman–Crippen MR) is 100 cm³/mol. The van der Waals surface area contributed by atoms with E-state index >= 15 is 0 Å². The molecule has 1 amide bonds. The van der Waals surface area contributed by atoms with E-state index in [2.05, 4.69) is 28.9 Å². The van der Waals surface area contributed by atoms with E-state index in [1.165, 1.54) is 5.69 Å². The van der Waals surface area contributed by atoms with Gasteiger partial charge in [0.1, 0.15) is 6.61 Å². The molecule has 1 aromatic carbocycles. The zero-order valence-corrected chi connectivity index (χ0v) is 15.9. The van der Waals surface area contributed by atoms with Crippen molar-refractivity contribution in [3.8, 4) is 11.5 Å². The van der Waals surface area contributed by atoms with Gasteiger partial charge in [-0.15, -0.1) is 0 Å². The number of anilines is 1. The number of hydrogen-bond acceptors (Lipinski definition) is 6. The first-order chi connectivity index (χ1) is 13.2. The molecule has 4 heterocycles. The van der Waals surface area contributed by atoms with Gasteiger partial charge in [0, 0.05) is 50.5 Å². The summed E-state index contributed by atoms with van der Waals surface area (Å²) >= 11 is 0. The second kappa shape index (κ2) is 6.48. The number of piperidine rings is 1. The molecule has 146 valence electrons. The summed E-state index contributed by atoms with van der Waals surface area (Å²) in [5.74, 6) is 1.69. The Labute approximate surface area is 159 Å². The molecule has 0 saturated carbocycles. The van der Waals surface area contributed by atoms with E-state index in [-0.39, 0.29) is 11.6 Å². The number of fused-ring (bicyclic) bond motifs is 2. The summed E-state index contributed by atoms with van der Waals surface area (Å²) in [4.78, 5) is 19.0. The Hall–Kier alpha value is -2.15. The highest BCUT2D eigenvalue weighted by Gasteiger charge is 2.50. The summed E-state index contributed by atoms with van der Waals surface area (Å²) in [7, 11) is 0. The minimum Gasteiger partial charge on any atom is -0.454 e. The van der Waals surface area contributed by atoms with E-state index in [4.69, 9.17) is 14.2 Å². The molecule has 7 heteroatoms. The number of piperazine rings is 1. The van der Waals surface area contributed by atoms with E-state index in [9.17, 15) is 4.79 Å². The fraction of sp³-hybridized carbons (Fsp3) is 0.650. The smallest absolute Gasteiger partial charge is 0.410 e. The molecule has 0 N–H and O–H groups in total. The van der Waals surface area contributed by atoms with Crippen LogP contribution in [-0.4, -0.2) is 73.6 Å². The first-order valence-corrected chi connectivity index (χ1v) is 10.0. The number of carbonyl (C=O) groups excluding carboxylic acids is 1. The van der Waals surface area contributed by atoms with Crippen molar-refractivity contribution in [2.45, 2.75) is 37.8 Å². The molecular formula is C20H27N3O4. The summed E-state index contributed by atoms with van der Waals surface area (Å²) in [5, 5.41) is 0. The summed E-state index contributed by atoms with van der Waals surface area (Å²) in [5.41, 5.74) is 1.09. The molecule has 0 bridgehead atoms. The van der Waals surface area contributed by atoms with Crippen LogP contribution in [0.1, 0.15) is 26.2 Å². The number of hydrogen-bond donors (Lipinski definition) is 0. The van der Waals surface area contributed by atoms with Gasteiger partial charge in [0.05, 0.1) is 5.54 Å². The molecule has 1 unspecified atom stereocenters. The number of benzene rings is 1. The fourth-order valence-corrected chi connectivity index (χ4v) is 4.98. The lowest BCUT2D eigenvalue weighted by molar-refractivity contribution is 0.0191. The Balaban J connectivity index is 1.23. The molecular weight excluding hydrogens is 346 g/mol. The van der Waals surface area contributed by atoms with Gasteiger partial charge in [-0.25, -0.2) is 4.79 Å². The van der Waals surface area contributed by atoms with E-state index in [1.807, 2.05) is 11.0 Å². The van der Waals surface area contributed by atoms with Crippen LogP contribution in [0.25, 0.3) is 0 Å². The van der Waals surface area contributed by atoms with Gasteiger partial charge >= 0.3 is 6.09 Å². The molecule has 0 radical (unpaired) electrons. The molecule has 7 nitrogen and oxygen atoms in total. The Morgan fingerprint density at radius 3 is 2.70 bits per heavy atom. The van der Waals surface area contributed by atoms with Crippen LogP contribution in [-0.2, 0) is 4.74 Å². The standard InChI is InChI=1S/C20H27N3O4/c1-2-20-12-22(9-10-23(20)19(24)25-13-20)15-5-7-21(8-6-15)16-3-4-17-18(11-16)27-14-26-17/h3-4,11,15H,2,5-10,12-14H2,1H3. The van der Waals surface area contributed by atoms with Crippen molar-refractivity contribution in [3.05, 3.63) is 18.2 Å². The number of carbonyl (C=O) groups is 1. The molecule has 27 heavy (non-hydrogen) atoms. The van der Waals surface area contributed by atoms with Crippen LogP contribution in [0.5, 0.6) is 11.5 Å². The van der Waals surface area contributed by atoms with Crippen molar-refractivity contribution in [2.24, 2.45) is 0 Å². The topological polar surface area (TPSA) is 54.5 Å². The molecule has 0 aliphatic carbocycles. The van der Waals surface area contributed by atoms with Crippen LogP contribution in [0.2, 0.25) is 0 Å². The average Bonchev–Trinajstić information content (AvgIpc) is 3.32. The van der Waals surface area contributed by atoms with Crippen molar-refractivity contribution in [1.82, 2.24) is 9.80 Å². The number of rotatable bonds is 3. The SMILES string of the molecule is CCC12COC(=O)N1CCN(C1CCN(c3ccc4c(c3)OCO4)CC1)C2. The molecule has 4 aliphatic heterocycles.